The van der Waals surface area contributed by atoms with Crippen molar-refractivity contribution in [3.8, 4) is 23.2 Å². The van der Waals surface area contributed by atoms with Gasteiger partial charge in [-0.2, -0.15) is 10.2 Å². The third-order valence-corrected chi connectivity index (χ3v) is 6.31. The molecule has 1 saturated carbocycles. The molecule has 0 atom stereocenters. The summed E-state index contributed by atoms with van der Waals surface area (Å²) in [7, 11) is 1.63. The molecule has 1 aromatic heterocycles. The van der Waals surface area contributed by atoms with E-state index in [2.05, 4.69) is 31.3 Å². The van der Waals surface area contributed by atoms with Crippen LogP contribution >= 0.6 is 0 Å². The van der Waals surface area contributed by atoms with Crippen molar-refractivity contribution >= 4 is 5.91 Å². The highest BCUT2D eigenvalue weighted by Gasteiger charge is 2.34. The number of carbonyl (C=O) groups excluding carboxylic acids is 1. The van der Waals surface area contributed by atoms with Crippen LogP contribution in [0.15, 0.2) is 28.8 Å². The second-order valence-electron chi connectivity index (χ2n) is 8.60. The minimum Gasteiger partial charge on any atom is -0.497 e. The van der Waals surface area contributed by atoms with Gasteiger partial charge in [0.2, 0.25) is 17.6 Å². The van der Waals surface area contributed by atoms with Crippen molar-refractivity contribution in [3.05, 3.63) is 30.2 Å². The molecule has 32 heavy (non-hydrogen) atoms. The van der Waals surface area contributed by atoms with Crippen LogP contribution in [0.1, 0.15) is 38.0 Å². The van der Waals surface area contributed by atoms with E-state index >= 15 is 0 Å². The van der Waals surface area contributed by atoms with Crippen LogP contribution in [-0.4, -0.2) is 71.2 Å². The molecule has 1 aliphatic heterocycles. The zero-order valence-electron chi connectivity index (χ0n) is 18.5. The molecule has 1 aromatic carbocycles. The predicted molar refractivity (Wildman–Crippen MR) is 118 cm³/mol. The summed E-state index contributed by atoms with van der Waals surface area (Å²) in [4.78, 5) is 21.4. The summed E-state index contributed by atoms with van der Waals surface area (Å²) >= 11 is 0. The molecule has 1 aliphatic carbocycles. The van der Waals surface area contributed by atoms with Crippen molar-refractivity contribution in [3.63, 3.8) is 0 Å². The van der Waals surface area contributed by atoms with E-state index in [0.717, 1.165) is 69.6 Å². The number of nitriles is 1. The first kappa shape index (κ1) is 22.2. The predicted octanol–water partition coefficient (Wildman–Crippen LogP) is 2.21. The number of carbonyl (C=O) groups is 1. The molecule has 9 nitrogen and oxygen atoms in total. The molecule has 2 fully saturated rings. The number of methoxy groups -OCH3 is 1. The lowest BCUT2D eigenvalue weighted by molar-refractivity contribution is -0.124. The highest BCUT2D eigenvalue weighted by molar-refractivity contribution is 5.79. The van der Waals surface area contributed by atoms with Gasteiger partial charge in [-0.1, -0.05) is 24.4 Å². The maximum absolute atomic E-state index is 12.5. The average molecular weight is 439 g/mol. The molecule has 4 rings (SSSR count). The Morgan fingerprint density at radius 2 is 1.84 bits per heavy atom. The molecule has 1 N–H and O–H groups in total. The van der Waals surface area contributed by atoms with Gasteiger partial charge in [0.15, 0.2) is 0 Å². The molecule has 0 radical (unpaired) electrons. The van der Waals surface area contributed by atoms with Gasteiger partial charge in [0.05, 0.1) is 26.3 Å². The first-order valence-electron chi connectivity index (χ1n) is 11.2. The number of aromatic nitrogens is 2. The number of hydrogen-bond donors (Lipinski definition) is 1. The summed E-state index contributed by atoms with van der Waals surface area (Å²) in [6, 6.07) is 9.90. The van der Waals surface area contributed by atoms with Crippen molar-refractivity contribution in [1.29, 1.82) is 5.26 Å². The van der Waals surface area contributed by atoms with Gasteiger partial charge in [0.1, 0.15) is 11.3 Å². The number of nitrogens with zero attached hydrogens (tertiary/aromatic N) is 5. The van der Waals surface area contributed by atoms with Crippen molar-refractivity contribution < 1.29 is 14.1 Å². The average Bonchev–Trinajstić information content (AvgIpc) is 3.29. The van der Waals surface area contributed by atoms with E-state index in [1.165, 1.54) is 0 Å². The van der Waals surface area contributed by atoms with Crippen LogP contribution in [0, 0.1) is 11.3 Å². The first-order valence-corrected chi connectivity index (χ1v) is 11.2. The molecule has 170 valence electrons. The number of ether oxygens (including phenoxy) is 1. The number of nitrogens with one attached hydrogen (secondary N) is 1. The fourth-order valence-electron chi connectivity index (χ4n) is 4.40. The van der Waals surface area contributed by atoms with Crippen molar-refractivity contribution in [2.24, 2.45) is 0 Å². The van der Waals surface area contributed by atoms with E-state index in [1.54, 1.807) is 7.11 Å². The van der Waals surface area contributed by atoms with E-state index in [1.807, 2.05) is 24.3 Å². The Morgan fingerprint density at radius 3 is 2.50 bits per heavy atom. The second kappa shape index (κ2) is 10.1. The lowest BCUT2D eigenvalue weighted by Gasteiger charge is -2.35. The van der Waals surface area contributed by atoms with Crippen LogP contribution in [0.5, 0.6) is 5.75 Å². The van der Waals surface area contributed by atoms with Crippen molar-refractivity contribution in [2.75, 3.05) is 39.8 Å². The van der Waals surface area contributed by atoms with Crippen molar-refractivity contribution in [1.82, 2.24) is 25.3 Å². The lowest BCUT2D eigenvalue weighted by atomic mass is 9.83. The van der Waals surface area contributed by atoms with E-state index < -0.39 is 5.54 Å². The normalized spacial score (nSPS) is 19.2. The molecular weight excluding hydrogens is 408 g/mol. The summed E-state index contributed by atoms with van der Waals surface area (Å²) in [6.45, 7) is 4.12. The number of benzene rings is 1. The fraction of sp³-hybridized carbons (Fsp3) is 0.565. The second-order valence-corrected chi connectivity index (χ2v) is 8.60. The van der Waals surface area contributed by atoms with E-state index in [-0.39, 0.29) is 5.91 Å². The Labute approximate surface area is 188 Å². The van der Waals surface area contributed by atoms with Crippen LogP contribution in [-0.2, 0) is 11.3 Å². The summed E-state index contributed by atoms with van der Waals surface area (Å²) in [5.41, 5.74) is 0.209. The first-order chi connectivity index (χ1) is 15.6. The van der Waals surface area contributed by atoms with Crippen LogP contribution in [0.2, 0.25) is 0 Å². The highest BCUT2D eigenvalue weighted by Crippen LogP contribution is 2.27. The summed E-state index contributed by atoms with van der Waals surface area (Å²) in [5, 5.41) is 16.7. The van der Waals surface area contributed by atoms with Gasteiger partial charge in [0.25, 0.3) is 0 Å². The van der Waals surface area contributed by atoms with Gasteiger partial charge in [-0.15, -0.1) is 0 Å². The van der Waals surface area contributed by atoms with Crippen LogP contribution in [0.25, 0.3) is 11.4 Å². The highest BCUT2D eigenvalue weighted by atomic mass is 16.5. The maximum atomic E-state index is 12.5. The summed E-state index contributed by atoms with van der Waals surface area (Å²) in [6.07, 6.45) is 4.66. The Morgan fingerprint density at radius 1 is 1.16 bits per heavy atom. The smallest absolute Gasteiger partial charge is 0.241 e. The minimum absolute atomic E-state index is 0.0528. The van der Waals surface area contributed by atoms with Gasteiger partial charge in [-0.05, 0) is 37.1 Å². The Bertz CT molecular complexity index is 937. The number of piperazine rings is 1. The molecule has 0 bridgehead atoms. The quantitative estimate of drug-likeness (QED) is 0.701. The molecule has 2 aromatic rings. The largest absolute Gasteiger partial charge is 0.497 e. The molecule has 0 spiro atoms. The minimum atomic E-state index is -0.670. The molecule has 1 saturated heterocycles. The van der Waals surface area contributed by atoms with Crippen LogP contribution < -0.4 is 10.1 Å². The van der Waals surface area contributed by atoms with Gasteiger partial charge < -0.3 is 14.6 Å². The number of hydrogen-bond acceptors (Lipinski definition) is 8. The molecule has 2 heterocycles. The molecule has 1 amide bonds. The van der Waals surface area contributed by atoms with E-state index in [9.17, 15) is 10.1 Å². The number of amides is 1. The third kappa shape index (κ3) is 5.44. The molecule has 9 heteroatoms. The maximum Gasteiger partial charge on any atom is 0.241 e. The Balaban J connectivity index is 1.23. The number of rotatable bonds is 7. The molecule has 2 aliphatic rings. The Kier molecular flexibility index (Phi) is 7.02. The lowest BCUT2D eigenvalue weighted by Crippen LogP contribution is -2.54. The molecule has 0 unspecified atom stereocenters. The molecular formula is C23H30N6O3. The van der Waals surface area contributed by atoms with Crippen LogP contribution in [0.3, 0.4) is 0 Å². The van der Waals surface area contributed by atoms with E-state index in [4.69, 9.17) is 9.26 Å². The van der Waals surface area contributed by atoms with Gasteiger partial charge in [0, 0.05) is 31.7 Å². The Hall–Kier alpha value is -2.96. The standard InChI is InChI=1S/C23H30N6O3/c1-31-19-7-5-18(6-8-19)22-25-21(32-27-22)16-29-13-11-28(12-14-29)15-20(30)26-23(17-24)9-3-2-4-10-23/h5-8H,2-4,9-16H2,1H3,(H,26,30). The third-order valence-electron chi connectivity index (χ3n) is 6.31. The van der Waals surface area contributed by atoms with E-state index in [0.29, 0.717) is 24.8 Å². The van der Waals surface area contributed by atoms with Gasteiger partial charge in [-0.25, -0.2) is 0 Å². The van der Waals surface area contributed by atoms with Gasteiger partial charge >= 0.3 is 0 Å². The van der Waals surface area contributed by atoms with Gasteiger partial charge in [-0.3, -0.25) is 14.6 Å². The van der Waals surface area contributed by atoms with Crippen LogP contribution in [0.4, 0.5) is 0 Å². The summed E-state index contributed by atoms with van der Waals surface area (Å²) in [5.74, 6) is 1.87. The summed E-state index contributed by atoms with van der Waals surface area (Å²) < 4.78 is 10.6. The van der Waals surface area contributed by atoms with Crippen molar-refractivity contribution in [2.45, 2.75) is 44.2 Å². The topological polar surface area (TPSA) is 108 Å². The fourth-order valence-corrected chi connectivity index (χ4v) is 4.40. The zero-order chi connectivity index (χ0) is 22.4. The zero-order valence-corrected chi connectivity index (χ0v) is 18.5. The monoisotopic (exact) mass is 438 g/mol. The SMILES string of the molecule is COc1ccc(-c2noc(CN3CCN(CC(=O)NC4(C#N)CCCCC4)CC3)n2)cc1.